The van der Waals surface area contributed by atoms with Gasteiger partial charge in [-0.15, -0.1) is 0 Å². The van der Waals surface area contributed by atoms with Gasteiger partial charge in [0.05, 0.1) is 17.8 Å². The van der Waals surface area contributed by atoms with E-state index in [1.165, 1.54) is 39.4 Å². The Hall–Kier alpha value is -7.41. The number of fused-ring (bicyclic) bond motifs is 6. The number of rotatable bonds is 5. The van der Waals surface area contributed by atoms with E-state index in [4.69, 9.17) is 11.6 Å². The van der Waals surface area contributed by atoms with Crippen LogP contribution >= 0.6 is 0 Å². The van der Waals surface area contributed by atoms with Gasteiger partial charge in [0.2, 0.25) is 0 Å². The maximum absolute atomic E-state index is 14.1. The Morgan fingerprint density at radius 3 is 1.38 bits per heavy atom. The molecule has 0 aliphatic rings. The molecule has 3 heteroatoms. The van der Waals surface area contributed by atoms with E-state index in [2.05, 4.69) is 138 Å². The molecule has 0 atom stereocenters. The highest BCUT2D eigenvalue weighted by Crippen LogP contribution is 2.43. The van der Waals surface area contributed by atoms with E-state index in [0.29, 0.717) is 5.69 Å². The van der Waals surface area contributed by atoms with Crippen LogP contribution in [0.4, 0.5) is 10.1 Å². The largest absolute Gasteiger partial charge is 0.247 e. The van der Waals surface area contributed by atoms with Gasteiger partial charge < -0.3 is 0 Å². The molecule has 0 spiro atoms. The lowest BCUT2D eigenvalue weighted by atomic mass is 9.88. The molecule has 0 aliphatic heterocycles. The molecule has 0 unspecified atom stereocenters. The monoisotopic (exact) mass is 702 g/mol. The van der Waals surface area contributed by atoms with E-state index in [1.807, 2.05) is 42.5 Å². The van der Waals surface area contributed by atoms with Crippen molar-refractivity contribution in [3.05, 3.63) is 205 Å². The van der Waals surface area contributed by atoms with E-state index in [9.17, 15) is 4.39 Å². The highest BCUT2D eigenvalue weighted by Gasteiger charge is 2.17. The minimum absolute atomic E-state index is 0.266. The molecule has 0 saturated carbocycles. The first kappa shape index (κ1) is 32.3. The predicted octanol–water partition coefficient (Wildman–Crippen LogP) is 14.7. The first-order chi connectivity index (χ1) is 27.1. The van der Waals surface area contributed by atoms with Crippen LogP contribution in [0.3, 0.4) is 0 Å². The highest BCUT2D eigenvalue weighted by molar-refractivity contribution is 6.25. The number of halogens is 1. The molecule has 0 bridgehead atoms. The second kappa shape index (κ2) is 13.2. The summed E-state index contributed by atoms with van der Waals surface area (Å²) in [5.74, 6) is -0.266. The molecule has 1 heterocycles. The second-order valence-electron chi connectivity index (χ2n) is 13.9. The summed E-state index contributed by atoms with van der Waals surface area (Å²) >= 11 is 0. The SMILES string of the molecule is [C-]#[N+]c1ccc(-c2ccc(-c3ccc(-c4ccc(-c5cc6c(-c7ccc(F)cc7)nc7ccccc7c6c6ccccc56)cc4)c4ccccc34)cc2)cc1. The number of benzene rings is 9. The van der Waals surface area contributed by atoms with E-state index >= 15 is 0 Å². The Labute approximate surface area is 318 Å². The minimum atomic E-state index is -0.266. The number of hydrogen-bond donors (Lipinski definition) is 0. The summed E-state index contributed by atoms with van der Waals surface area (Å²) in [5.41, 5.74) is 12.4. The van der Waals surface area contributed by atoms with E-state index in [-0.39, 0.29) is 5.82 Å². The molecule has 10 rings (SSSR count). The quantitative estimate of drug-likeness (QED) is 0.129. The zero-order chi connectivity index (χ0) is 36.9. The topological polar surface area (TPSA) is 17.2 Å². The Bertz CT molecular complexity index is 3120. The van der Waals surface area contributed by atoms with Crippen LogP contribution in [0.1, 0.15) is 0 Å². The summed E-state index contributed by atoms with van der Waals surface area (Å²) in [6.07, 6.45) is 0. The van der Waals surface area contributed by atoms with Crippen LogP contribution in [0.25, 0.3) is 104 Å². The van der Waals surface area contributed by atoms with Gasteiger partial charge in [-0.3, -0.25) is 0 Å². The summed E-state index contributed by atoms with van der Waals surface area (Å²) in [4.78, 5) is 8.67. The molecule has 9 aromatic carbocycles. The van der Waals surface area contributed by atoms with E-state index < -0.39 is 0 Å². The number of para-hydroxylation sites is 1. The third kappa shape index (κ3) is 5.60. The van der Waals surface area contributed by atoms with Crippen molar-refractivity contribution < 1.29 is 4.39 Å². The minimum Gasteiger partial charge on any atom is -0.247 e. The van der Waals surface area contributed by atoms with Gasteiger partial charge in [0, 0.05) is 21.7 Å². The molecule has 0 amide bonds. The van der Waals surface area contributed by atoms with Crippen molar-refractivity contribution >= 4 is 48.9 Å². The zero-order valence-corrected chi connectivity index (χ0v) is 29.7. The third-order valence-electron chi connectivity index (χ3n) is 10.8. The normalized spacial score (nSPS) is 11.3. The van der Waals surface area contributed by atoms with Crippen LogP contribution in [-0.2, 0) is 0 Å². The first-order valence-electron chi connectivity index (χ1n) is 18.3. The highest BCUT2D eigenvalue weighted by atomic mass is 19.1. The Morgan fingerprint density at radius 1 is 0.382 bits per heavy atom. The fourth-order valence-electron chi connectivity index (χ4n) is 8.08. The van der Waals surface area contributed by atoms with Crippen molar-refractivity contribution in [2.75, 3.05) is 0 Å². The zero-order valence-electron chi connectivity index (χ0n) is 29.7. The van der Waals surface area contributed by atoms with Crippen LogP contribution in [0.5, 0.6) is 0 Å². The molecule has 0 saturated heterocycles. The molecule has 2 nitrogen and oxygen atoms in total. The predicted molar refractivity (Wildman–Crippen MR) is 228 cm³/mol. The van der Waals surface area contributed by atoms with E-state index in [0.717, 1.165) is 71.7 Å². The summed E-state index contributed by atoms with van der Waals surface area (Å²) in [7, 11) is 0. The van der Waals surface area contributed by atoms with E-state index in [1.54, 1.807) is 0 Å². The molecule has 0 radical (unpaired) electrons. The molecule has 0 fully saturated rings. The van der Waals surface area contributed by atoms with Gasteiger partial charge in [0.15, 0.2) is 5.69 Å². The Balaban J connectivity index is 1.07. The van der Waals surface area contributed by atoms with Crippen molar-refractivity contribution in [2.24, 2.45) is 0 Å². The summed E-state index contributed by atoms with van der Waals surface area (Å²) < 4.78 is 14.1. The van der Waals surface area contributed by atoms with Crippen molar-refractivity contribution in [3.63, 3.8) is 0 Å². The summed E-state index contributed by atoms with van der Waals surface area (Å²) in [5, 5.41) is 8.02. The van der Waals surface area contributed by atoms with Crippen LogP contribution in [0.15, 0.2) is 188 Å². The van der Waals surface area contributed by atoms with Crippen molar-refractivity contribution in [1.82, 2.24) is 4.98 Å². The van der Waals surface area contributed by atoms with Gasteiger partial charge in [-0.2, -0.15) is 0 Å². The number of aromatic nitrogens is 1. The van der Waals surface area contributed by atoms with Crippen LogP contribution < -0.4 is 0 Å². The molecule has 1 aromatic heterocycles. The molecule has 256 valence electrons. The maximum Gasteiger partial charge on any atom is 0.187 e. The van der Waals surface area contributed by atoms with Gasteiger partial charge >= 0.3 is 0 Å². The fraction of sp³-hybridized carbons (Fsp3) is 0. The Morgan fingerprint density at radius 2 is 0.818 bits per heavy atom. The molecule has 55 heavy (non-hydrogen) atoms. The first-order valence-corrected chi connectivity index (χ1v) is 18.3. The maximum atomic E-state index is 14.1. The number of hydrogen-bond acceptors (Lipinski definition) is 1. The molecular weight excluding hydrogens is 672 g/mol. The lowest BCUT2D eigenvalue weighted by Crippen LogP contribution is -1.93. The summed E-state index contributed by atoms with van der Waals surface area (Å²) in [6, 6.07) is 64.2. The number of pyridine rings is 1. The van der Waals surface area contributed by atoms with Crippen LogP contribution in [-0.4, -0.2) is 4.98 Å². The lowest BCUT2D eigenvalue weighted by molar-refractivity contribution is 0.628. The fourth-order valence-corrected chi connectivity index (χ4v) is 8.08. The van der Waals surface area contributed by atoms with Crippen LogP contribution in [0, 0.1) is 12.4 Å². The number of nitrogens with zero attached hydrogens (tertiary/aromatic N) is 2. The van der Waals surface area contributed by atoms with Crippen LogP contribution in [0.2, 0.25) is 0 Å². The third-order valence-corrected chi connectivity index (χ3v) is 10.8. The van der Waals surface area contributed by atoms with Crippen molar-refractivity contribution in [2.45, 2.75) is 0 Å². The molecule has 10 aromatic rings. The van der Waals surface area contributed by atoms with Gasteiger partial charge in [-0.25, -0.2) is 14.2 Å². The molecule has 0 aliphatic carbocycles. The van der Waals surface area contributed by atoms with Crippen molar-refractivity contribution in [3.8, 4) is 55.8 Å². The molecular formula is C52H31FN2. The van der Waals surface area contributed by atoms with Gasteiger partial charge in [-0.1, -0.05) is 152 Å². The summed E-state index contributed by atoms with van der Waals surface area (Å²) in [6.45, 7) is 7.25. The Kier molecular flexibility index (Phi) is 7.75. The van der Waals surface area contributed by atoms with Gasteiger partial charge in [-0.05, 0) is 102 Å². The van der Waals surface area contributed by atoms with Crippen molar-refractivity contribution in [1.29, 1.82) is 0 Å². The van der Waals surface area contributed by atoms with Gasteiger partial charge in [0.25, 0.3) is 0 Å². The smallest absolute Gasteiger partial charge is 0.187 e. The second-order valence-corrected chi connectivity index (χ2v) is 13.9. The average Bonchev–Trinajstić information content (AvgIpc) is 3.26. The average molecular weight is 703 g/mol. The molecule has 0 N–H and O–H groups in total. The standard InChI is InChI=1S/C52H31FN2/c1-54-40-28-24-34(25-29-40)33-14-16-35(17-15-33)41-30-31-42(44-9-3-2-8-43(41)44)36-18-20-37(21-19-36)48-32-49-51(46-11-5-4-10-45(46)48)47-12-6-7-13-50(47)55-52(49)38-22-26-39(53)27-23-38/h2-32H. The van der Waals surface area contributed by atoms with Gasteiger partial charge in [0.1, 0.15) is 5.82 Å². The lowest BCUT2D eigenvalue weighted by Gasteiger charge is -2.17.